The molecule has 1 aromatic heterocycles. The topological polar surface area (TPSA) is 57.4 Å². The number of rotatable bonds is 4. The van der Waals surface area contributed by atoms with Crippen molar-refractivity contribution >= 4 is 11.6 Å². The third-order valence-corrected chi connectivity index (χ3v) is 2.76. The van der Waals surface area contributed by atoms with Crippen molar-refractivity contribution in [2.75, 3.05) is 0 Å². The fourth-order valence-corrected chi connectivity index (χ4v) is 1.71. The van der Waals surface area contributed by atoms with Gasteiger partial charge < -0.3 is 15.2 Å². The van der Waals surface area contributed by atoms with E-state index >= 15 is 0 Å². The molecule has 8 heteroatoms. The average molecular weight is 319 g/mol. The minimum Gasteiger partial charge on any atom is -0.435 e. The summed E-state index contributed by atoms with van der Waals surface area (Å²) >= 11 is 5.85. The van der Waals surface area contributed by atoms with Gasteiger partial charge in [-0.15, -0.1) is 13.2 Å². The second-order valence-corrected chi connectivity index (χ2v) is 4.32. The summed E-state index contributed by atoms with van der Waals surface area (Å²) in [5.41, 5.74) is 6.05. The van der Waals surface area contributed by atoms with E-state index in [4.69, 9.17) is 22.1 Å². The lowest BCUT2D eigenvalue weighted by molar-refractivity contribution is -0.275. The molecule has 0 fully saturated rings. The minimum absolute atomic E-state index is 0.0677. The second kappa shape index (κ2) is 6.19. The van der Waals surface area contributed by atoms with Crippen LogP contribution in [0.1, 0.15) is 5.56 Å². The van der Waals surface area contributed by atoms with Crippen LogP contribution in [0.2, 0.25) is 5.02 Å². The second-order valence-electron chi connectivity index (χ2n) is 3.91. The Morgan fingerprint density at radius 2 is 1.86 bits per heavy atom. The molecule has 0 aliphatic rings. The van der Waals surface area contributed by atoms with Crippen LogP contribution in [0, 0.1) is 0 Å². The van der Waals surface area contributed by atoms with Gasteiger partial charge in [-0.05, 0) is 17.7 Å². The van der Waals surface area contributed by atoms with Crippen molar-refractivity contribution < 1.29 is 22.6 Å². The van der Waals surface area contributed by atoms with Gasteiger partial charge in [-0.3, -0.25) is 0 Å². The predicted molar refractivity (Wildman–Crippen MR) is 70.3 cm³/mol. The number of nitrogens with zero attached hydrogens (tertiary/aromatic N) is 1. The summed E-state index contributed by atoms with van der Waals surface area (Å²) in [7, 11) is 0. The maximum Gasteiger partial charge on any atom is 0.573 e. The zero-order valence-corrected chi connectivity index (χ0v) is 11.3. The van der Waals surface area contributed by atoms with Crippen LogP contribution in [-0.4, -0.2) is 11.3 Å². The molecule has 0 spiro atoms. The lowest BCUT2D eigenvalue weighted by Crippen LogP contribution is -2.17. The largest absolute Gasteiger partial charge is 0.573 e. The van der Waals surface area contributed by atoms with Gasteiger partial charge in [-0.1, -0.05) is 23.7 Å². The molecule has 21 heavy (non-hydrogen) atoms. The van der Waals surface area contributed by atoms with E-state index in [2.05, 4.69) is 9.72 Å². The molecular formula is C13H10ClF3N2O2. The molecule has 0 atom stereocenters. The predicted octanol–water partition coefficient (Wildman–Crippen LogP) is 3.88. The summed E-state index contributed by atoms with van der Waals surface area (Å²) < 4.78 is 46.1. The first-order chi connectivity index (χ1) is 9.89. The first-order valence-electron chi connectivity index (χ1n) is 5.76. The minimum atomic E-state index is -4.81. The van der Waals surface area contributed by atoms with Gasteiger partial charge in [-0.2, -0.15) is 0 Å². The van der Waals surface area contributed by atoms with Gasteiger partial charge in [0.25, 0.3) is 0 Å². The zero-order chi connectivity index (χ0) is 15.5. The van der Waals surface area contributed by atoms with Crippen LogP contribution >= 0.6 is 11.6 Å². The molecule has 112 valence electrons. The van der Waals surface area contributed by atoms with Gasteiger partial charge in [0.1, 0.15) is 0 Å². The molecule has 2 rings (SSSR count). The van der Waals surface area contributed by atoms with E-state index in [-0.39, 0.29) is 18.2 Å². The Balaban J connectivity index is 2.27. The molecule has 4 nitrogen and oxygen atoms in total. The summed E-state index contributed by atoms with van der Waals surface area (Å²) in [6.07, 6.45) is -3.50. The highest BCUT2D eigenvalue weighted by Gasteiger charge is 2.32. The third-order valence-electron chi connectivity index (χ3n) is 2.42. The fraction of sp³-hybridized carbons (Fsp3) is 0.154. The molecular weight excluding hydrogens is 309 g/mol. The number of benzene rings is 1. The van der Waals surface area contributed by atoms with Crippen molar-refractivity contribution in [3.63, 3.8) is 0 Å². The van der Waals surface area contributed by atoms with E-state index in [0.717, 1.165) is 6.07 Å². The van der Waals surface area contributed by atoms with Crippen LogP contribution in [0.15, 0.2) is 36.5 Å². The van der Waals surface area contributed by atoms with E-state index in [1.165, 1.54) is 30.5 Å². The number of nitrogens with two attached hydrogens (primary N) is 1. The van der Waals surface area contributed by atoms with E-state index in [0.29, 0.717) is 10.6 Å². The summed E-state index contributed by atoms with van der Waals surface area (Å²) in [4.78, 5) is 3.87. The van der Waals surface area contributed by atoms with Crippen LogP contribution in [-0.2, 0) is 6.54 Å². The number of para-hydroxylation sites is 2. The van der Waals surface area contributed by atoms with Crippen LogP contribution in [0.4, 0.5) is 13.2 Å². The monoisotopic (exact) mass is 318 g/mol. The summed E-state index contributed by atoms with van der Waals surface area (Å²) in [5.74, 6) is -0.512. The van der Waals surface area contributed by atoms with E-state index in [1.807, 2.05) is 0 Å². The number of hydrogen-bond donors (Lipinski definition) is 1. The maximum absolute atomic E-state index is 12.3. The normalized spacial score (nSPS) is 11.3. The molecule has 2 aromatic rings. The maximum atomic E-state index is 12.3. The molecule has 0 radical (unpaired) electrons. The Morgan fingerprint density at radius 1 is 1.19 bits per heavy atom. The van der Waals surface area contributed by atoms with Crippen LogP contribution in [0.3, 0.4) is 0 Å². The van der Waals surface area contributed by atoms with Gasteiger partial charge in [0.05, 0.1) is 5.02 Å². The smallest absolute Gasteiger partial charge is 0.435 e. The van der Waals surface area contributed by atoms with Crippen LogP contribution in [0.25, 0.3) is 0 Å². The Hall–Kier alpha value is -1.99. The first-order valence-corrected chi connectivity index (χ1v) is 6.14. The van der Waals surface area contributed by atoms with Gasteiger partial charge in [0, 0.05) is 18.8 Å². The lowest BCUT2D eigenvalue weighted by Gasteiger charge is -2.13. The van der Waals surface area contributed by atoms with Crippen molar-refractivity contribution in [2.24, 2.45) is 5.73 Å². The molecule has 0 saturated carbocycles. The standard InChI is InChI=1S/C13H10ClF3N2O2/c14-9-7-19-12(5-8(9)6-18)20-10-3-1-2-4-11(10)21-13(15,16)17/h1-5,7H,6,18H2. The summed E-state index contributed by atoms with van der Waals surface area (Å²) in [5, 5.41) is 0.352. The number of aromatic nitrogens is 1. The highest BCUT2D eigenvalue weighted by atomic mass is 35.5. The van der Waals surface area contributed by atoms with Crippen LogP contribution < -0.4 is 15.2 Å². The first kappa shape index (κ1) is 15.4. The number of alkyl halides is 3. The van der Waals surface area contributed by atoms with Gasteiger partial charge in [-0.25, -0.2) is 4.98 Å². The molecule has 0 amide bonds. The molecule has 1 heterocycles. The molecule has 2 N–H and O–H groups in total. The SMILES string of the molecule is NCc1cc(Oc2ccccc2OC(F)(F)F)ncc1Cl. The van der Waals surface area contributed by atoms with Crippen LogP contribution in [0.5, 0.6) is 17.4 Å². The molecule has 0 saturated heterocycles. The van der Waals surface area contributed by atoms with Crippen molar-refractivity contribution in [1.82, 2.24) is 4.98 Å². The number of halogens is 4. The zero-order valence-electron chi connectivity index (χ0n) is 10.5. The molecule has 0 bridgehead atoms. The van der Waals surface area contributed by atoms with E-state index in [1.54, 1.807) is 0 Å². The van der Waals surface area contributed by atoms with Gasteiger partial charge in [0.2, 0.25) is 5.88 Å². The Labute approximate surface area is 123 Å². The van der Waals surface area contributed by atoms with Crippen molar-refractivity contribution in [1.29, 1.82) is 0 Å². The number of ether oxygens (including phenoxy) is 2. The lowest BCUT2D eigenvalue weighted by atomic mass is 10.2. The number of hydrogen-bond acceptors (Lipinski definition) is 4. The quantitative estimate of drug-likeness (QED) is 0.929. The average Bonchev–Trinajstić information content (AvgIpc) is 2.41. The van der Waals surface area contributed by atoms with Gasteiger partial charge >= 0.3 is 6.36 Å². The molecule has 0 aliphatic heterocycles. The molecule has 1 aromatic carbocycles. The number of pyridine rings is 1. The Kier molecular flexibility index (Phi) is 4.54. The summed E-state index contributed by atoms with van der Waals surface area (Å²) in [6, 6.07) is 6.83. The third kappa shape index (κ3) is 4.24. The Bertz CT molecular complexity index is 635. The highest BCUT2D eigenvalue weighted by molar-refractivity contribution is 6.31. The summed E-state index contributed by atoms with van der Waals surface area (Å²) in [6.45, 7) is 0.151. The van der Waals surface area contributed by atoms with Crippen molar-refractivity contribution in [3.05, 3.63) is 47.1 Å². The Morgan fingerprint density at radius 3 is 2.48 bits per heavy atom. The molecule has 0 unspecified atom stereocenters. The van der Waals surface area contributed by atoms with Crippen molar-refractivity contribution in [2.45, 2.75) is 12.9 Å². The van der Waals surface area contributed by atoms with Gasteiger partial charge in [0.15, 0.2) is 11.5 Å². The van der Waals surface area contributed by atoms with E-state index in [9.17, 15) is 13.2 Å². The van der Waals surface area contributed by atoms with Crippen molar-refractivity contribution in [3.8, 4) is 17.4 Å². The molecule has 0 aliphatic carbocycles. The van der Waals surface area contributed by atoms with E-state index < -0.39 is 12.1 Å². The highest BCUT2D eigenvalue weighted by Crippen LogP contribution is 2.34. The fourth-order valence-electron chi connectivity index (χ4n) is 1.53.